The summed E-state index contributed by atoms with van der Waals surface area (Å²) < 4.78 is 5.81. The van der Waals surface area contributed by atoms with Crippen molar-refractivity contribution in [1.82, 2.24) is 5.32 Å². The highest BCUT2D eigenvalue weighted by Gasteiger charge is 2.40. The number of nitrogens with zero attached hydrogens (tertiary/aromatic N) is 2. The molecule has 0 aliphatic carbocycles. The molecular weight excluding hydrogens is 692 g/mol. The summed E-state index contributed by atoms with van der Waals surface area (Å²) in [6.45, 7) is 0. The SMILES string of the molecule is O=C(Nc1cccc(SC2CC(=O)N(c3ccc(Oc4ccc(Cl)cc4)cc3)C2=O)c1)/C(=C\c1ccc([N+](=O)[O-])cc1)NC(=O)c1ccccc1. The summed E-state index contributed by atoms with van der Waals surface area (Å²) >= 11 is 7.13. The van der Waals surface area contributed by atoms with Crippen LogP contribution in [-0.4, -0.2) is 33.8 Å². The second-order valence-corrected chi connectivity index (χ2v) is 12.8. The minimum atomic E-state index is -0.698. The van der Waals surface area contributed by atoms with E-state index >= 15 is 0 Å². The first kappa shape index (κ1) is 34.6. The highest BCUT2D eigenvalue weighted by atomic mass is 35.5. The number of anilines is 2. The van der Waals surface area contributed by atoms with E-state index in [0.29, 0.717) is 43.9 Å². The molecule has 13 heteroatoms. The molecule has 1 aliphatic rings. The lowest BCUT2D eigenvalue weighted by Gasteiger charge is -2.16. The van der Waals surface area contributed by atoms with E-state index < -0.39 is 22.0 Å². The maximum Gasteiger partial charge on any atom is 0.272 e. The molecule has 6 rings (SSSR count). The van der Waals surface area contributed by atoms with E-state index in [4.69, 9.17) is 16.3 Å². The number of nitro groups is 1. The molecule has 1 atom stereocenters. The van der Waals surface area contributed by atoms with Gasteiger partial charge < -0.3 is 15.4 Å². The van der Waals surface area contributed by atoms with Gasteiger partial charge >= 0.3 is 0 Å². The minimum Gasteiger partial charge on any atom is -0.457 e. The summed E-state index contributed by atoms with van der Waals surface area (Å²) in [6, 6.07) is 34.1. The van der Waals surface area contributed by atoms with Gasteiger partial charge in [-0.05, 0) is 103 Å². The zero-order valence-electron chi connectivity index (χ0n) is 26.5. The van der Waals surface area contributed by atoms with Gasteiger partial charge in [-0.3, -0.25) is 29.3 Å². The van der Waals surface area contributed by atoms with Gasteiger partial charge in [0, 0.05) is 39.7 Å². The molecule has 11 nitrogen and oxygen atoms in total. The molecule has 0 saturated carbocycles. The van der Waals surface area contributed by atoms with E-state index in [0.717, 1.165) is 4.90 Å². The molecular formula is C38H27ClN4O7S. The number of non-ortho nitro benzene ring substituents is 1. The fourth-order valence-corrected chi connectivity index (χ4v) is 6.32. The van der Waals surface area contributed by atoms with Crippen LogP contribution in [0.15, 0.2) is 138 Å². The number of hydrogen-bond acceptors (Lipinski definition) is 8. The minimum absolute atomic E-state index is 0.0171. The molecule has 5 aromatic rings. The Labute approximate surface area is 301 Å². The van der Waals surface area contributed by atoms with Crippen LogP contribution >= 0.6 is 23.4 Å². The third-order valence-electron chi connectivity index (χ3n) is 7.56. The first-order chi connectivity index (χ1) is 24.6. The molecule has 0 spiro atoms. The predicted octanol–water partition coefficient (Wildman–Crippen LogP) is 7.87. The molecule has 1 unspecified atom stereocenters. The second-order valence-electron chi connectivity index (χ2n) is 11.1. The van der Waals surface area contributed by atoms with E-state index in [2.05, 4.69) is 10.6 Å². The van der Waals surface area contributed by atoms with Crippen LogP contribution in [0.25, 0.3) is 6.08 Å². The van der Waals surface area contributed by atoms with Gasteiger partial charge in [-0.1, -0.05) is 35.9 Å². The Morgan fingerprint density at radius 3 is 2.20 bits per heavy atom. The zero-order chi connectivity index (χ0) is 35.9. The summed E-state index contributed by atoms with van der Waals surface area (Å²) in [4.78, 5) is 65.2. The van der Waals surface area contributed by atoms with Gasteiger partial charge in [0.05, 0.1) is 15.9 Å². The predicted molar refractivity (Wildman–Crippen MR) is 195 cm³/mol. The molecule has 254 valence electrons. The van der Waals surface area contributed by atoms with Crippen LogP contribution < -0.4 is 20.3 Å². The van der Waals surface area contributed by atoms with Crippen molar-refractivity contribution >= 4 is 70.1 Å². The highest BCUT2D eigenvalue weighted by Crippen LogP contribution is 2.36. The van der Waals surface area contributed by atoms with E-state index in [1.54, 1.807) is 103 Å². The third kappa shape index (κ3) is 8.68. The van der Waals surface area contributed by atoms with Crippen LogP contribution in [0, 0.1) is 10.1 Å². The second kappa shape index (κ2) is 15.5. The van der Waals surface area contributed by atoms with Gasteiger partial charge in [0.2, 0.25) is 11.8 Å². The first-order valence-electron chi connectivity index (χ1n) is 15.4. The molecule has 1 saturated heterocycles. The summed E-state index contributed by atoms with van der Waals surface area (Å²) in [5.74, 6) is -0.784. The summed E-state index contributed by atoms with van der Waals surface area (Å²) in [5, 5.41) is 16.4. The highest BCUT2D eigenvalue weighted by molar-refractivity contribution is 8.00. The summed E-state index contributed by atoms with van der Waals surface area (Å²) in [7, 11) is 0. The number of rotatable bonds is 11. The Bertz CT molecular complexity index is 2140. The number of halogens is 1. The topological polar surface area (TPSA) is 148 Å². The molecule has 51 heavy (non-hydrogen) atoms. The van der Waals surface area contributed by atoms with Crippen molar-refractivity contribution in [2.24, 2.45) is 0 Å². The Morgan fingerprint density at radius 1 is 0.863 bits per heavy atom. The number of benzene rings is 5. The molecule has 0 bridgehead atoms. The Kier molecular flexibility index (Phi) is 10.5. The van der Waals surface area contributed by atoms with Crippen LogP contribution in [0.2, 0.25) is 5.02 Å². The Hall–Kier alpha value is -6.24. The van der Waals surface area contributed by atoms with Gasteiger partial charge in [0.25, 0.3) is 17.5 Å². The van der Waals surface area contributed by atoms with Crippen molar-refractivity contribution < 1.29 is 28.8 Å². The van der Waals surface area contributed by atoms with E-state index in [9.17, 15) is 29.3 Å². The fourth-order valence-electron chi connectivity index (χ4n) is 5.08. The number of carbonyl (C=O) groups excluding carboxylic acids is 4. The van der Waals surface area contributed by atoms with Crippen molar-refractivity contribution in [3.05, 3.63) is 159 Å². The van der Waals surface area contributed by atoms with Crippen molar-refractivity contribution in [2.75, 3.05) is 10.2 Å². The molecule has 4 amide bonds. The Balaban J connectivity index is 1.14. The van der Waals surface area contributed by atoms with Crippen molar-refractivity contribution in [2.45, 2.75) is 16.6 Å². The number of imide groups is 1. The molecule has 0 radical (unpaired) electrons. The van der Waals surface area contributed by atoms with Crippen LogP contribution in [0.1, 0.15) is 22.3 Å². The lowest BCUT2D eigenvalue weighted by molar-refractivity contribution is -0.384. The molecule has 5 aromatic carbocycles. The number of ether oxygens (including phenoxy) is 1. The van der Waals surface area contributed by atoms with Gasteiger partial charge in [0.15, 0.2) is 0 Å². The van der Waals surface area contributed by atoms with Crippen molar-refractivity contribution in [3.8, 4) is 11.5 Å². The number of nitrogens with one attached hydrogen (secondary N) is 2. The average Bonchev–Trinajstić information content (AvgIpc) is 3.41. The molecule has 1 aliphatic heterocycles. The smallest absolute Gasteiger partial charge is 0.272 e. The van der Waals surface area contributed by atoms with Crippen molar-refractivity contribution in [3.63, 3.8) is 0 Å². The quantitative estimate of drug-likeness (QED) is 0.0607. The van der Waals surface area contributed by atoms with Gasteiger partial charge in [-0.15, -0.1) is 11.8 Å². The number of amides is 4. The fraction of sp³-hybridized carbons (Fsp3) is 0.0526. The third-order valence-corrected chi connectivity index (χ3v) is 8.99. The number of hydrogen-bond donors (Lipinski definition) is 2. The number of carbonyl (C=O) groups is 4. The number of thioether (sulfide) groups is 1. The Morgan fingerprint density at radius 2 is 1.53 bits per heavy atom. The van der Waals surface area contributed by atoms with Gasteiger partial charge in [-0.25, -0.2) is 4.90 Å². The molecule has 1 fully saturated rings. The normalized spacial score (nSPS) is 14.3. The largest absolute Gasteiger partial charge is 0.457 e. The number of nitro benzene ring substituents is 1. The van der Waals surface area contributed by atoms with Crippen LogP contribution in [0.4, 0.5) is 17.1 Å². The molecule has 1 heterocycles. The lowest BCUT2D eigenvalue weighted by Crippen LogP contribution is -2.31. The standard InChI is InChI=1S/C38H27ClN4O7S/c39-26-11-17-30(18-12-26)50-31-19-15-28(16-20-31)42-35(44)23-34(38(42)47)51-32-8-4-7-27(22-32)40-37(46)33(41-36(45)25-5-2-1-3-6-25)21-24-9-13-29(14-10-24)43(48)49/h1-22,34H,23H2,(H,40,46)(H,41,45)/b33-21+. The summed E-state index contributed by atoms with van der Waals surface area (Å²) in [5.41, 5.74) is 1.34. The maximum atomic E-state index is 13.5. The summed E-state index contributed by atoms with van der Waals surface area (Å²) in [6.07, 6.45) is 1.39. The van der Waals surface area contributed by atoms with E-state index in [1.807, 2.05) is 0 Å². The van der Waals surface area contributed by atoms with E-state index in [1.165, 1.54) is 42.1 Å². The first-order valence-corrected chi connectivity index (χ1v) is 16.7. The van der Waals surface area contributed by atoms with Gasteiger partial charge in [0.1, 0.15) is 17.2 Å². The van der Waals surface area contributed by atoms with Crippen LogP contribution in [-0.2, 0) is 14.4 Å². The zero-order valence-corrected chi connectivity index (χ0v) is 28.1. The lowest BCUT2D eigenvalue weighted by atomic mass is 10.1. The molecule has 0 aromatic heterocycles. The van der Waals surface area contributed by atoms with Gasteiger partial charge in [-0.2, -0.15) is 0 Å². The molecule has 2 N–H and O–H groups in total. The monoisotopic (exact) mass is 718 g/mol. The van der Waals surface area contributed by atoms with E-state index in [-0.39, 0.29) is 29.6 Å². The van der Waals surface area contributed by atoms with Crippen molar-refractivity contribution in [1.29, 1.82) is 0 Å². The maximum absolute atomic E-state index is 13.5. The van der Waals surface area contributed by atoms with Crippen LogP contribution in [0.5, 0.6) is 11.5 Å². The van der Waals surface area contributed by atoms with Crippen LogP contribution in [0.3, 0.4) is 0 Å². The average molecular weight is 719 g/mol.